The van der Waals surface area contributed by atoms with E-state index in [2.05, 4.69) is 0 Å². The second kappa shape index (κ2) is 4.24. The normalized spacial score (nSPS) is 23.5. The molecule has 1 aliphatic rings. The van der Waals surface area contributed by atoms with Crippen molar-refractivity contribution in [2.75, 3.05) is 32.8 Å². The third-order valence-electron chi connectivity index (χ3n) is 1.96. The Morgan fingerprint density at radius 3 is 2.20 bits per heavy atom. The summed E-state index contributed by atoms with van der Waals surface area (Å²) in [5.41, 5.74) is 0. The molecule has 0 spiro atoms. The van der Waals surface area contributed by atoms with Gasteiger partial charge in [0.05, 0.1) is 6.61 Å². The molecule has 0 radical (unpaired) electrons. The molecule has 5 nitrogen and oxygen atoms in total. The molecule has 1 aliphatic heterocycles. The van der Waals surface area contributed by atoms with Crippen LogP contribution in [-0.2, 0) is 10.2 Å². The minimum absolute atomic E-state index is 0.0149. The Balaban J connectivity index is 2.72. The van der Waals surface area contributed by atoms with Crippen LogP contribution in [0.4, 0.5) is 13.2 Å². The van der Waals surface area contributed by atoms with E-state index in [4.69, 9.17) is 5.11 Å². The van der Waals surface area contributed by atoms with Crippen molar-refractivity contribution in [3.05, 3.63) is 0 Å². The summed E-state index contributed by atoms with van der Waals surface area (Å²) in [5.74, 6) is 0. The summed E-state index contributed by atoms with van der Waals surface area (Å²) >= 11 is 0. The lowest BCUT2D eigenvalue weighted by atomic mass is 10.5. The second-order valence-corrected chi connectivity index (χ2v) is 5.01. The van der Waals surface area contributed by atoms with Crippen LogP contribution in [0.25, 0.3) is 0 Å². The highest BCUT2D eigenvalue weighted by Crippen LogP contribution is 2.23. The number of hydrogen-bond donors (Lipinski definition) is 1. The molecule has 9 heteroatoms. The van der Waals surface area contributed by atoms with Gasteiger partial charge >= 0.3 is 6.18 Å². The number of nitrogens with zero attached hydrogens (tertiary/aromatic N) is 2. The van der Waals surface area contributed by atoms with Crippen LogP contribution < -0.4 is 0 Å². The monoisotopic (exact) mass is 248 g/mol. The maximum absolute atomic E-state index is 12.0. The van der Waals surface area contributed by atoms with Crippen LogP contribution >= 0.6 is 0 Å². The zero-order chi connectivity index (χ0) is 11.7. The minimum Gasteiger partial charge on any atom is -0.395 e. The number of rotatable bonds is 3. The molecular formula is C6H11F3N2O3S. The number of aliphatic hydroxyl groups is 1. The highest BCUT2D eigenvalue weighted by atomic mass is 32.2. The van der Waals surface area contributed by atoms with Crippen LogP contribution in [0, 0.1) is 0 Å². The van der Waals surface area contributed by atoms with E-state index in [0.717, 1.165) is 4.31 Å². The molecule has 15 heavy (non-hydrogen) atoms. The summed E-state index contributed by atoms with van der Waals surface area (Å²) in [5, 5.41) is 8.53. The van der Waals surface area contributed by atoms with Gasteiger partial charge in [0.25, 0.3) is 10.2 Å². The van der Waals surface area contributed by atoms with E-state index in [1.807, 2.05) is 0 Å². The van der Waals surface area contributed by atoms with Crippen molar-refractivity contribution in [2.45, 2.75) is 6.18 Å². The molecule has 0 aromatic carbocycles. The van der Waals surface area contributed by atoms with Crippen LogP contribution in [0.3, 0.4) is 0 Å². The fourth-order valence-corrected chi connectivity index (χ4v) is 2.89. The van der Waals surface area contributed by atoms with Crippen molar-refractivity contribution in [1.82, 2.24) is 8.61 Å². The van der Waals surface area contributed by atoms with E-state index in [9.17, 15) is 21.6 Å². The Morgan fingerprint density at radius 2 is 1.73 bits per heavy atom. The van der Waals surface area contributed by atoms with Gasteiger partial charge in [-0.25, -0.2) is 0 Å². The van der Waals surface area contributed by atoms with Crippen molar-refractivity contribution in [2.24, 2.45) is 0 Å². The minimum atomic E-state index is -4.54. The third-order valence-corrected chi connectivity index (χ3v) is 3.94. The number of hydrogen-bond acceptors (Lipinski definition) is 3. The Labute approximate surface area is 85.3 Å². The van der Waals surface area contributed by atoms with Crippen molar-refractivity contribution in [1.29, 1.82) is 0 Å². The van der Waals surface area contributed by atoms with Crippen LogP contribution in [-0.4, -0.2) is 61.1 Å². The van der Waals surface area contributed by atoms with E-state index in [0.29, 0.717) is 4.31 Å². The fourth-order valence-electron chi connectivity index (χ4n) is 1.32. The van der Waals surface area contributed by atoms with Gasteiger partial charge in [0, 0.05) is 19.6 Å². The average molecular weight is 248 g/mol. The van der Waals surface area contributed by atoms with Crippen LogP contribution in [0.15, 0.2) is 0 Å². The first-order valence-electron chi connectivity index (χ1n) is 4.20. The molecule has 1 heterocycles. The van der Waals surface area contributed by atoms with E-state index < -0.39 is 29.5 Å². The van der Waals surface area contributed by atoms with Crippen LogP contribution in [0.1, 0.15) is 0 Å². The standard InChI is InChI=1S/C6H11F3N2O3S/c7-6(8,9)5-11-2-1-10(3-4-12)15(11,13)14/h12H,1-5H2. The highest BCUT2D eigenvalue weighted by Gasteiger charge is 2.42. The van der Waals surface area contributed by atoms with Crippen LogP contribution in [0.2, 0.25) is 0 Å². The summed E-state index contributed by atoms with van der Waals surface area (Å²) in [7, 11) is -4.04. The molecule has 0 aromatic heterocycles. The number of aliphatic hydroxyl groups excluding tert-OH is 1. The molecule has 0 atom stereocenters. The summed E-state index contributed by atoms with van der Waals surface area (Å²) in [6.07, 6.45) is -4.54. The molecule has 0 saturated carbocycles. The van der Waals surface area contributed by atoms with Crippen molar-refractivity contribution < 1.29 is 26.7 Å². The Morgan fingerprint density at radius 1 is 1.20 bits per heavy atom. The third kappa shape index (κ3) is 3.03. The van der Waals surface area contributed by atoms with E-state index in [1.54, 1.807) is 0 Å². The van der Waals surface area contributed by atoms with Gasteiger partial charge in [0.2, 0.25) is 0 Å². The Bertz CT molecular complexity index is 316. The van der Waals surface area contributed by atoms with Gasteiger partial charge in [0.1, 0.15) is 6.54 Å². The van der Waals surface area contributed by atoms with Crippen molar-refractivity contribution in [3.8, 4) is 0 Å². The summed E-state index contributed by atoms with van der Waals surface area (Å²) in [6.45, 7) is -2.26. The predicted octanol–water partition coefficient (Wildman–Crippen LogP) is -0.597. The maximum Gasteiger partial charge on any atom is 0.402 e. The lowest BCUT2D eigenvalue weighted by Crippen LogP contribution is -2.39. The lowest BCUT2D eigenvalue weighted by molar-refractivity contribution is -0.135. The first-order valence-corrected chi connectivity index (χ1v) is 5.60. The van der Waals surface area contributed by atoms with Gasteiger partial charge in [-0.15, -0.1) is 0 Å². The highest BCUT2D eigenvalue weighted by molar-refractivity contribution is 7.87. The average Bonchev–Trinajstić information content (AvgIpc) is 2.29. The summed E-state index contributed by atoms with van der Waals surface area (Å²) in [6, 6.07) is 0. The van der Waals surface area contributed by atoms with Crippen LogP contribution in [0.5, 0.6) is 0 Å². The lowest BCUT2D eigenvalue weighted by Gasteiger charge is -2.18. The van der Waals surface area contributed by atoms with Crippen molar-refractivity contribution in [3.63, 3.8) is 0 Å². The van der Waals surface area contributed by atoms with Crippen molar-refractivity contribution >= 4 is 10.2 Å². The van der Waals surface area contributed by atoms with Gasteiger partial charge in [-0.2, -0.15) is 30.2 Å². The van der Waals surface area contributed by atoms with E-state index in [-0.39, 0.29) is 19.6 Å². The zero-order valence-electron chi connectivity index (χ0n) is 7.74. The molecule has 0 aliphatic carbocycles. The van der Waals surface area contributed by atoms with E-state index in [1.165, 1.54) is 0 Å². The first kappa shape index (κ1) is 12.7. The molecule has 0 unspecified atom stereocenters. The molecule has 1 rings (SSSR count). The number of alkyl halides is 3. The smallest absolute Gasteiger partial charge is 0.395 e. The SMILES string of the molecule is O=S1(=O)N(CCO)CCN1CC(F)(F)F. The maximum atomic E-state index is 12.0. The van der Waals surface area contributed by atoms with Gasteiger partial charge < -0.3 is 5.11 Å². The summed E-state index contributed by atoms with van der Waals surface area (Å²) < 4.78 is 60.0. The van der Waals surface area contributed by atoms with Gasteiger partial charge in [-0.05, 0) is 0 Å². The molecule has 0 bridgehead atoms. The Hall–Kier alpha value is -0.380. The molecule has 1 saturated heterocycles. The van der Waals surface area contributed by atoms with Gasteiger partial charge in [0.15, 0.2) is 0 Å². The van der Waals surface area contributed by atoms with Gasteiger partial charge in [-0.1, -0.05) is 0 Å². The quantitative estimate of drug-likeness (QED) is 0.725. The number of halogens is 3. The molecule has 0 aromatic rings. The fraction of sp³-hybridized carbons (Fsp3) is 1.00. The predicted molar refractivity (Wildman–Crippen MR) is 45.2 cm³/mol. The molecule has 1 fully saturated rings. The van der Waals surface area contributed by atoms with Gasteiger partial charge in [-0.3, -0.25) is 0 Å². The second-order valence-electron chi connectivity index (χ2n) is 3.08. The zero-order valence-corrected chi connectivity index (χ0v) is 8.55. The molecule has 90 valence electrons. The Kier molecular flexibility index (Phi) is 3.59. The molecule has 1 N–H and O–H groups in total. The first-order chi connectivity index (χ1) is 6.77. The largest absolute Gasteiger partial charge is 0.402 e. The summed E-state index contributed by atoms with van der Waals surface area (Å²) in [4.78, 5) is 0. The molecular weight excluding hydrogens is 237 g/mol. The van der Waals surface area contributed by atoms with E-state index >= 15 is 0 Å². The molecule has 0 amide bonds. The number of β-amino-alcohol motifs (C(OH)–C–C–N with tert-alkyl or cyclic N) is 1. The topological polar surface area (TPSA) is 60.9 Å².